The van der Waals surface area contributed by atoms with Gasteiger partial charge in [0.05, 0.1) is 0 Å². The van der Waals surface area contributed by atoms with E-state index in [0.717, 1.165) is 24.8 Å². The molecule has 0 radical (unpaired) electrons. The Balaban J connectivity index is 1.91. The van der Waals surface area contributed by atoms with Gasteiger partial charge < -0.3 is 0 Å². The van der Waals surface area contributed by atoms with Gasteiger partial charge in [-0.05, 0) is 42.9 Å². The molecule has 1 aliphatic carbocycles. The summed E-state index contributed by atoms with van der Waals surface area (Å²) < 4.78 is 0. The van der Waals surface area contributed by atoms with Gasteiger partial charge in [0.25, 0.3) is 0 Å². The third-order valence-corrected chi connectivity index (χ3v) is 3.68. The molecule has 0 fully saturated rings. The van der Waals surface area contributed by atoms with Crippen LogP contribution in [0.3, 0.4) is 0 Å². The number of unbranched alkanes of at least 4 members (excludes halogenated alkanes) is 3. The van der Waals surface area contributed by atoms with Gasteiger partial charge in [-0.3, -0.25) is 4.79 Å². The van der Waals surface area contributed by atoms with Crippen molar-refractivity contribution in [2.75, 3.05) is 0 Å². The van der Waals surface area contributed by atoms with Gasteiger partial charge in [0.2, 0.25) is 0 Å². The van der Waals surface area contributed by atoms with E-state index in [1.165, 1.54) is 43.2 Å². The zero-order valence-corrected chi connectivity index (χ0v) is 10.8. The highest BCUT2D eigenvalue weighted by molar-refractivity contribution is 5.96. The van der Waals surface area contributed by atoms with Gasteiger partial charge in [0.15, 0.2) is 5.78 Å². The molecule has 92 valence electrons. The Morgan fingerprint density at radius 3 is 2.76 bits per heavy atom. The van der Waals surface area contributed by atoms with Crippen LogP contribution in [0, 0.1) is 0 Å². The Bertz CT molecular complexity index is 393. The number of fused-ring (bicyclic) bond motifs is 1. The molecule has 0 aromatic heterocycles. The molecule has 0 N–H and O–H groups in total. The molecule has 1 heteroatoms. The molecule has 1 nitrogen and oxygen atoms in total. The third-order valence-electron chi connectivity index (χ3n) is 3.68. The van der Waals surface area contributed by atoms with E-state index in [4.69, 9.17) is 0 Å². The minimum absolute atomic E-state index is 0.329. The van der Waals surface area contributed by atoms with Crippen molar-refractivity contribution in [3.8, 4) is 0 Å². The van der Waals surface area contributed by atoms with Crippen LogP contribution in [0.4, 0.5) is 0 Å². The monoisotopic (exact) mass is 230 g/mol. The first-order valence-corrected chi connectivity index (χ1v) is 6.96. The van der Waals surface area contributed by atoms with Crippen molar-refractivity contribution < 1.29 is 4.79 Å². The number of carbonyl (C=O) groups is 1. The second-order valence-corrected chi connectivity index (χ2v) is 5.07. The van der Waals surface area contributed by atoms with E-state index in [1.807, 2.05) is 6.07 Å². The molecule has 0 aliphatic heterocycles. The van der Waals surface area contributed by atoms with Crippen molar-refractivity contribution in [3.63, 3.8) is 0 Å². The molecule has 0 saturated carbocycles. The average molecular weight is 230 g/mol. The Morgan fingerprint density at radius 1 is 1.12 bits per heavy atom. The predicted molar refractivity (Wildman–Crippen MR) is 71.6 cm³/mol. The first-order valence-electron chi connectivity index (χ1n) is 6.96. The van der Waals surface area contributed by atoms with Crippen molar-refractivity contribution in [1.29, 1.82) is 0 Å². The van der Waals surface area contributed by atoms with Gasteiger partial charge >= 0.3 is 0 Å². The van der Waals surface area contributed by atoms with Crippen molar-refractivity contribution in [2.24, 2.45) is 0 Å². The number of rotatable bonds is 6. The first-order chi connectivity index (χ1) is 8.31. The van der Waals surface area contributed by atoms with Crippen LogP contribution >= 0.6 is 0 Å². The largest absolute Gasteiger partial charge is 0.294 e. The Hall–Kier alpha value is -1.11. The lowest BCUT2D eigenvalue weighted by molar-refractivity contribution is 0.0979. The normalized spacial score (nSPS) is 13.7. The summed E-state index contributed by atoms with van der Waals surface area (Å²) in [6, 6.07) is 6.30. The molecule has 1 aliphatic rings. The Labute approximate surface area is 104 Å². The van der Waals surface area contributed by atoms with Crippen molar-refractivity contribution in [1.82, 2.24) is 0 Å². The lowest BCUT2D eigenvalue weighted by Crippen LogP contribution is -2.00. The summed E-state index contributed by atoms with van der Waals surface area (Å²) >= 11 is 0. The van der Waals surface area contributed by atoms with Gasteiger partial charge in [-0.25, -0.2) is 0 Å². The highest BCUT2D eigenvalue weighted by Gasteiger charge is 2.13. The van der Waals surface area contributed by atoms with E-state index in [0.29, 0.717) is 5.78 Å². The molecular weight excluding hydrogens is 208 g/mol. The van der Waals surface area contributed by atoms with Crippen molar-refractivity contribution in [3.05, 3.63) is 34.9 Å². The lowest BCUT2D eigenvalue weighted by Gasteiger charge is -2.04. The van der Waals surface area contributed by atoms with E-state index in [9.17, 15) is 4.79 Å². The quantitative estimate of drug-likeness (QED) is 0.525. The minimum atomic E-state index is 0.329. The number of aryl methyl sites for hydroxylation is 2. The van der Waals surface area contributed by atoms with Crippen LogP contribution in [0.25, 0.3) is 0 Å². The number of Topliss-reactive ketones (excluding diaryl/α,β-unsaturated/α-hetero) is 1. The summed E-state index contributed by atoms with van der Waals surface area (Å²) in [4.78, 5) is 12.0. The van der Waals surface area contributed by atoms with Crippen molar-refractivity contribution in [2.45, 2.75) is 58.3 Å². The summed E-state index contributed by atoms with van der Waals surface area (Å²) in [7, 11) is 0. The topological polar surface area (TPSA) is 17.1 Å². The summed E-state index contributed by atoms with van der Waals surface area (Å²) in [5.74, 6) is 0.329. The van der Waals surface area contributed by atoms with E-state index < -0.39 is 0 Å². The zero-order valence-electron chi connectivity index (χ0n) is 10.8. The third kappa shape index (κ3) is 3.18. The van der Waals surface area contributed by atoms with E-state index in [1.54, 1.807) is 0 Å². The highest BCUT2D eigenvalue weighted by atomic mass is 16.1. The summed E-state index contributed by atoms with van der Waals surface area (Å²) in [5.41, 5.74) is 3.79. The molecule has 0 unspecified atom stereocenters. The summed E-state index contributed by atoms with van der Waals surface area (Å²) in [6.07, 6.45) is 9.04. The number of carbonyl (C=O) groups excluding carboxylic acids is 1. The zero-order chi connectivity index (χ0) is 12.1. The molecule has 17 heavy (non-hydrogen) atoms. The van der Waals surface area contributed by atoms with Crippen LogP contribution in [0.1, 0.15) is 66.9 Å². The second kappa shape index (κ2) is 6.00. The molecule has 1 aromatic carbocycles. The second-order valence-electron chi connectivity index (χ2n) is 5.07. The van der Waals surface area contributed by atoms with Gasteiger partial charge in [0.1, 0.15) is 0 Å². The van der Waals surface area contributed by atoms with Gasteiger partial charge in [0, 0.05) is 12.0 Å². The van der Waals surface area contributed by atoms with Crippen LogP contribution < -0.4 is 0 Å². The number of ketones is 1. The van der Waals surface area contributed by atoms with Gasteiger partial charge in [-0.2, -0.15) is 0 Å². The maximum Gasteiger partial charge on any atom is 0.162 e. The van der Waals surface area contributed by atoms with Crippen LogP contribution in [0.15, 0.2) is 18.2 Å². The van der Waals surface area contributed by atoms with Crippen LogP contribution in [-0.2, 0) is 12.8 Å². The SMILES string of the molecule is CCCCCCC(=O)c1ccc2c(c1)CCC2. The molecule has 0 amide bonds. The molecular formula is C16H22O. The molecule has 2 rings (SSSR count). The lowest BCUT2D eigenvalue weighted by atomic mass is 10.0. The fourth-order valence-corrected chi connectivity index (χ4v) is 2.60. The molecule has 1 aromatic rings. The van der Waals surface area contributed by atoms with Gasteiger partial charge in [-0.15, -0.1) is 0 Å². The number of hydrogen-bond donors (Lipinski definition) is 0. The fourth-order valence-electron chi connectivity index (χ4n) is 2.60. The van der Waals surface area contributed by atoms with Gasteiger partial charge in [-0.1, -0.05) is 38.3 Å². The van der Waals surface area contributed by atoms with Crippen LogP contribution in [-0.4, -0.2) is 5.78 Å². The van der Waals surface area contributed by atoms with E-state index in [2.05, 4.69) is 19.1 Å². The van der Waals surface area contributed by atoms with E-state index in [-0.39, 0.29) is 0 Å². The smallest absolute Gasteiger partial charge is 0.162 e. The average Bonchev–Trinajstić information content (AvgIpc) is 2.81. The first kappa shape index (κ1) is 12.3. The fraction of sp³-hybridized carbons (Fsp3) is 0.562. The standard InChI is InChI=1S/C16H22O/c1-2-3-4-5-9-16(17)15-11-10-13-7-6-8-14(13)12-15/h10-12H,2-9H2,1H3. The Morgan fingerprint density at radius 2 is 1.94 bits per heavy atom. The van der Waals surface area contributed by atoms with Crippen LogP contribution in [0.2, 0.25) is 0 Å². The van der Waals surface area contributed by atoms with Crippen molar-refractivity contribution >= 4 is 5.78 Å². The van der Waals surface area contributed by atoms with E-state index >= 15 is 0 Å². The molecule has 0 spiro atoms. The molecule has 0 saturated heterocycles. The minimum Gasteiger partial charge on any atom is -0.294 e. The maximum absolute atomic E-state index is 12.0. The highest BCUT2D eigenvalue weighted by Crippen LogP contribution is 2.23. The Kier molecular flexibility index (Phi) is 4.36. The molecule has 0 bridgehead atoms. The maximum atomic E-state index is 12.0. The van der Waals surface area contributed by atoms with Crippen LogP contribution in [0.5, 0.6) is 0 Å². The number of hydrogen-bond acceptors (Lipinski definition) is 1. The molecule has 0 heterocycles. The summed E-state index contributed by atoms with van der Waals surface area (Å²) in [5, 5.41) is 0. The summed E-state index contributed by atoms with van der Waals surface area (Å²) in [6.45, 7) is 2.20. The molecule has 0 atom stereocenters. The number of benzene rings is 1. The predicted octanol–water partition coefficient (Wildman–Crippen LogP) is 4.33.